The second kappa shape index (κ2) is 3.33. The van der Waals surface area contributed by atoms with Crippen molar-refractivity contribution in [1.82, 2.24) is 4.90 Å². The average Bonchev–Trinajstić information content (AvgIpc) is 2.58. The summed E-state index contributed by atoms with van der Waals surface area (Å²) < 4.78 is 14.2. The van der Waals surface area contributed by atoms with E-state index in [9.17, 15) is 4.39 Å². The van der Waals surface area contributed by atoms with Crippen LogP contribution in [0.4, 0.5) is 4.39 Å². The zero-order valence-electron chi connectivity index (χ0n) is 7.69. The normalized spacial score (nSPS) is 30.8. The highest BCUT2D eigenvalue weighted by atomic mass is 19.1. The van der Waals surface area contributed by atoms with Crippen LogP contribution in [-0.2, 0) is 0 Å². The van der Waals surface area contributed by atoms with Crippen LogP contribution < -0.4 is 0 Å². The van der Waals surface area contributed by atoms with Crippen molar-refractivity contribution >= 4 is 0 Å². The quantitative estimate of drug-likeness (QED) is 0.548. The molecule has 1 heterocycles. The predicted molar refractivity (Wildman–Crippen MR) is 47.7 cm³/mol. The second-order valence-corrected chi connectivity index (χ2v) is 4.17. The Morgan fingerprint density at radius 3 is 2.00 bits per heavy atom. The van der Waals surface area contributed by atoms with Crippen LogP contribution in [0.25, 0.3) is 0 Å². The summed E-state index contributed by atoms with van der Waals surface area (Å²) in [6, 6.07) is 0. The molecule has 0 spiro atoms. The first kappa shape index (κ1) is 8.49. The summed E-state index contributed by atoms with van der Waals surface area (Å²) in [5.41, 5.74) is 0. The summed E-state index contributed by atoms with van der Waals surface area (Å²) in [4.78, 5) is 2.08. The molecule has 1 nitrogen and oxygen atoms in total. The number of halogens is 1. The van der Waals surface area contributed by atoms with Gasteiger partial charge in [0, 0.05) is 13.1 Å². The molecular formula is C10H18FN. The van der Waals surface area contributed by atoms with Gasteiger partial charge >= 0.3 is 0 Å². The Morgan fingerprint density at radius 2 is 1.42 bits per heavy atom. The Bertz CT molecular complexity index is 146. The molecule has 0 aromatic carbocycles. The van der Waals surface area contributed by atoms with Gasteiger partial charge in [-0.1, -0.05) is 6.42 Å². The summed E-state index contributed by atoms with van der Waals surface area (Å²) in [5.74, 6) is -0.908. The molecule has 2 fully saturated rings. The van der Waals surface area contributed by atoms with Crippen LogP contribution in [-0.4, -0.2) is 23.8 Å². The van der Waals surface area contributed by atoms with Gasteiger partial charge in [0.15, 0.2) is 5.79 Å². The first-order chi connectivity index (χ1) is 5.81. The van der Waals surface area contributed by atoms with Crippen molar-refractivity contribution in [3.8, 4) is 0 Å². The molecule has 12 heavy (non-hydrogen) atoms. The van der Waals surface area contributed by atoms with Gasteiger partial charge in [-0.05, 0) is 38.5 Å². The lowest BCUT2D eigenvalue weighted by Crippen LogP contribution is -2.44. The lowest BCUT2D eigenvalue weighted by atomic mass is 9.92. The number of alkyl halides is 1. The van der Waals surface area contributed by atoms with E-state index in [1.807, 2.05) is 0 Å². The summed E-state index contributed by atoms with van der Waals surface area (Å²) in [6.07, 6.45) is 7.39. The molecule has 0 radical (unpaired) electrons. The van der Waals surface area contributed by atoms with Crippen molar-refractivity contribution in [3.63, 3.8) is 0 Å². The van der Waals surface area contributed by atoms with Gasteiger partial charge in [0.2, 0.25) is 0 Å². The highest BCUT2D eigenvalue weighted by molar-refractivity contribution is 4.85. The number of hydrogen-bond donors (Lipinski definition) is 0. The third-order valence-corrected chi connectivity index (χ3v) is 3.29. The predicted octanol–water partition coefficient (Wildman–Crippen LogP) is 2.71. The van der Waals surface area contributed by atoms with Crippen molar-refractivity contribution in [3.05, 3.63) is 0 Å². The van der Waals surface area contributed by atoms with Crippen molar-refractivity contribution in [2.24, 2.45) is 0 Å². The fraction of sp³-hybridized carbons (Fsp3) is 1.00. The molecule has 1 saturated carbocycles. The van der Waals surface area contributed by atoms with Crippen LogP contribution in [0.3, 0.4) is 0 Å². The highest BCUT2D eigenvalue weighted by Crippen LogP contribution is 2.36. The molecule has 1 aliphatic carbocycles. The Labute approximate surface area is 73.9 Å². The van der Waals surface area contributed by atoms with Crippen molar-refractivity contribution < 1.29 is 4.39 Å². The first-order valence-corrected chi connectivity index (χ1v) is 5.25. The largest absolute Gasteiger partial charge is 0.271 e. The molecular weight excluding hydrogens is 153 g/mol. The minimum Gasteiger partial charge on any atom is -0.271 e. The molecule has 1 aliphatic heterocycles. The number of hydrogen-bond acceptors (Lipinski definition) is 1. The lowest BCUT2D eigenvalue weighted by Gasteiger charge is -2.37. The smallest absolute Gasteiger partial charge is 0.164 e. The van der Waals surface area contributed by atoms with Crippen LogP contribution in [0.5, 0.6) is 0 Å². The molecule has 0 atom stereocenters. The minimum absolute atomic E-state index is 0.785. The fourth-order valence-corrected chi connectivity index (χ4v) is 2.53. The molecule has 0 aromatic heterocycles. The van der Waals surface area contributed by atoms with Gasteiger partial charge in [-0.25, -0.2) is 4.39 Å². The van der Waals surface area contributed by atoms with Gasteiger partial charge in [0.25, 0.3) is 0 Å². The molecule has 2 heteroatoms. The van der Waals surface area contributed by atoms with Gasteiger partial charge < -0.3 is 0 Å². The molecule has 70 valence electrons. The standard InChI is InChI=1S/C10H18FN/c11-10(6-2-1-3-7-10)12-8-4-5-9-12/h1-9H2. The maximum atomic E-state index is 14.2. The van der Waals surface area contributed by atoms with Gasteiger partial charge in [-0.3, -0.25) is 4.90 Å². The van der Waals surface area contributed by atoms with Crippen LogP contribution >= 0.6 is 0 Å². The van der Waals surface area contributed by atoms with Crippen molar-refractivity contribution in [1.29, 1.82) is 0 Å². The summed E-state index contributed by atoms with van der Waals surface area (Å²) in [5, 5.41) is 0. The number of nitrogens with zero attached hydrogens (tertiary/aromatic N) is 1. The third kappa shape index (κ3) is 1.49. The third-order valence-electron chi connectivity index (χ3n) is 3.29. The van der Waals surface area contributed by atoms with Crippen LogP contribution in [0.1, 0.15) is 44.9 Å². The van der Waals surface area contributed by atoms with Crippen LogP contribution in [0.15, 0.2) is 0 Å². The maximum Gasteiger partial charge on any atom is 0.164 e. The summed E-state index contributed by atoms with van der Waals surface area (Å²) in [7, 11) is 0. The Hall–Kier alpha value is -0.110. The van der Waals surface area contributed by atoms with E-state index in [4.69, 9.17) is 0 Å². The fourth-order valence-electron chi connectivity index (χ4n) is 2.53. The highest BCUT2D eigenvalue weighted by Gasteiger charge is 2.38. The van der Waals surface area contributed by atoms with Crippen molar-refractivity contribution in [2.75, 3.05) is 13.1 Å². The first-order valence-electron chi connectivity index (χ1n) is 5.25. The molecule has 0 N–H and O–H groups in total. The molecule has 0 bridgehead atoms. The van der Waals surface area contributed by atoms with Gasteiger partial charge in [0.1, 0.15) is 0 Å². The minimum atomic E-state index is -0.908. The van der Waals surface area contributed by atoms with E-state index < -0.39 is 5.79 Å². The van der Waals surface area contributed by atoms with Gasteiger partial charge in [-0.15, -0.1) is 0 Å². The van der Waals surface area contributed by atoms with E-state index in [2.05, 4.69) is 4.90 Å². The molecule has 0 unspecified atom stereocenters. The molecule has 2 aliphatic rings. The molecule has 0 amide bonds. The molecule has 0 aromatic rings. The number of rotatable bonds is 1. The maximum absolute atomic E-state index is 14.2. The summed E-state index contributed by atoms with van der Waals surface area (Å²) >= 11 is 0. The van der Waals surface area contributed by atoms with Gasteiger partial charge in [0.05, 0.1) is 0 Å². The second-order valence-electron chi connectivity index (χ2n) is 4.17. The van der Waals surface area contributed by atoms with E-state index in [1.165, 1.54) is 19.3 Å². The zero-order chi connectivity index (χ0) is 8.44. The monoisotopic (exact) mass is 171 g/mol. The van der Waals surface area contributed by atoms with Crippen molar-refractivity contribution in [2.45, 2.75) is 50.7 Å². The zero-order valence-corrected chi connectivity index (χ0v) is 7.69. The van der Waals surface area contributed by atoms with E-state index >= 15 is 0 Å². The van der Waals surface area contributed by atoms with E-state index in [1.54, 1.807) is 0 Å². The van der Waals surface area contributed by atoms with Gasteiger partial charge in [-0.2, -0.15) is 0 Å². The van der Waals surface area contributed by atoms with E-state index in [0.29, 0.717) is 0 Å². The average molecular weight is 171 g/mol. The Kier molecular flexibility index (Phi) is 2.35. The number of likely N-dealkylation sites (tertiary alicyclic amines) is 1. The van der Waals surface area contributed by atoms with Crippen LogP contribution in [0.2, 0.25) is 0 Å². The topological polar surface area (TPSA) is 3.24 Å². The van der Waals surface area contributed by atoms with E-state index in [-0.39, 0.29) is 0 Å². The SMILES string of the molecule is FC1(N2CCCC2)CCCCC1. The van der Waals surface area contributed by atoms with E-state index in [0.717, 1.165) is 38.8 Å². The Balaban J connectivity index is 1.97. The summed E-state index contributed by atoms with van der Waals surface area (Å²) in [6.45, 7) is 1.99. The lowest BCUT2D eigenvalue weighted by molar-refractivity contribution is -0.0489. The molecule has 2 rings (SSSR count). The molecule has 1 saturated heterocycles. The Morgan fingerprint density at radius 1 is 0.833 bits per heavy atom. The van der Waals surface area contributed by atoms with Crippen LogP contribution in [0, 0.1) is 0 Å².